The van der Waals surface area contributed by atoms with Crippen molar-refractivity contribution >= 4 is 52.1 Å². The number of methoxy groups -OCH3 is 2. The Bertz CT molecular complexity index is 1030. The van der Waals surface area contributed by atoms with Crippen molar-refractivity contribution in [2.24, 2.45) is 5.92 Å². The van der Waals surface area contributed by atoms with Crippen LogP contribution >= 0.6 is 34.2 Å². The van der Waals surface area contributed by atoms with E-state index in [-0.39, 0.29) is 11.6 Å². The van der Waals surface area contributed by atoms with Crippen LogP contribution in [0.15, 0.2) is 42.1 Å². The number of likely N-dealkylation sites (tertiary alicyclic amines) is 1. The molecule has 6 nitrogen and oxygen atoms in total. The van der Waals surface area contributed by atoms with Crippen LogP contribution in [0, 0.1) is 9.49 Å². The molecule has 170 valence electrons. The van der Waals surface area contributed by atoms with Gasteiger partial charge < -0.3 is 19.7 Å². The Morgan fingerprint density at radius 1 is 1.09 bits per heavy atom. The van der Waals surface area contributed by atoms with Crippen LogP contribution in [0.2, 0.25) is 5.02 Å². The van der Waals surface area contributed by atoms with Crippen molar-refractivity contribution in [1.82, 2.24) is 10.2 Å². The van der Waals surface area contributed by atoms with Crippen molar-refractivity contribution in [2.45, 2.75) is 19.8 Å². The lowest BCUT2D eigenvalue weighted by atomic mass is 9.99. The first-order valence-corrected chi connectivity index (χ1v) is 11.8. The Labute approximate surface area is 207 Å². The quantitative estimate of drug-likeness (QED) is 0.394. The zero-order valence-electron chi connectivity index (χ0n) is 18.3. The van der Waals surface area contributed by atoms with Crippen LogP contribution in [0.25, 0.3) is 6.08 Å². The Balaban J connectivity index is 1.95. The van der Waals surface area contributed by atoms with Crippen molar-refractivity contribution in [3.05, 3.63) is 61.8 Å². The predicted octanol–water partition coefficient (Wildman–Crippen LogP) is 4.99. The van der Waals surface area contributed by atoms with Gasteiger partial charge in [-0.15, -0.1) is 0 Å². The minimum atomic E-state index is -0.432. The lowest BCUT2D eigenvalue weighted by Crippen LogP contribution is -2.42. The summed E-state index contributed by atoms with van der Waals surface area (Å²) in [6, 6.07) is 10.5. The van der Waals surface area contributed by atoms with Gasteiger partial charge in [0.1, 0.15) is 5.70 Å². The van der Waals surface area contributed by atoms with Crippen molar-refractivity contribution in [3.8, 4) is 11.5 Å². The molecule has 1 saturated heterocycles. The number of hydrogen-bond donors (Lipinski definition) is 1. The summed E-state index contributed by atoms with van der Waals surface area (Å²) >= 11 is 8.36. The van der Waals surface area contributed by atoms with E-state index in [9.17, 15) is 9.59 Å². The van der Waals surface area contributed by atoms with Gasteiger partial charge in [0.25, 0.3) is 11.8 Å². The SMILES string of the molecule is COc1ccc(/C=C(\NC(=O)c2cc(I)ccc2Cl)C(=O)N2CCC(C)CC2)cc1OC. The first-order chi connectivity index (χ1) is 15.3. The highest BCUT2D eigenvalue weighted by molar-refractivity contribution is 14.1. The van der Waals surface area contributed by atoms with E-state index in [0.29, 0.717) is 46.7 Å². The third-order valence-electron chi connectivity index (χ3n) is 5.44. The molecule has 1 N–H and O–H groups in total. The molecule has 1 aliphatic rings. The van der Waals surface area contributed by atoms with Gasteiger partial charge in [0.2, 0.25) is 0 Å². The van der Waals surface area contributed by atoms with Crippen LogP contribution in [-0.4, -0.2) is 44.0 Å². The molecule has 2 aromatic carbocycles. The van der Waals surface area contributed by atoms with Crippen molar-refractivity contribution < 1.29 is 19.1 Å². The summed E-state index contributed by atoms with van der Waals surface area (Å²) in [4.78, 5) is 28.2. The number of rotatable bonds is 6. The Hall–Kier alpha value is -2.26. The van der Waals surface area contributed by atoms with E-state index in [1.165, 1.54) is 0 Å². The number of halogens is 2. The van der Waals surface area contributed by atoms with E-state index >= 15 is 0 Å². The van der Waals surface area contributed by atoms with Gasteiger partial charge in [-0.25, -0.2) is 0 Å². The van der Waals surface area contributed by atoms with Gasteiger partial charge in [0.15, 0.2) is 11.5 Å². The van der Waals surface area contributed by atoms with Gasteiger partial charge >= 0.3 is 0 Å². The van der Waals surface area contributed by atoms with Gasteiger partial charge in [-0.05, 0) is 83.3 Å². The summed E-state index contributed by atoms with van der Waals surface area (Å²) in [5.41, 5.74) is 1.20. The molecule has 0 atom stereocenters. The molecule has 1 aliphatic heterocycles. The highest BCUT2D eigenvalue weighted by Gasteiger charge is 2.25. The minimum absolute atomic E-state index is 0.187. The van der Waals surface area contributed by atoms with Crippen molar-refractivity contribution in [1.29, 1.82) is 0 Å². The topological polar surface area (TPSA) is 67.9 Å². The number of piperidine rings is 1. The highest BCUT2D eigenvalue weighted by Crippen LogP contribution is 2.29. The van der Waals surface area contributed by atoms with Crippen LogP contribution < -0.4 is 14.8 Å². The fraction of sp³-hybridized carbons (Fsp3) is 0.333. The molecule has 2 aromatic rings. The normalized spacial score (nSPS) is 14.8. The third kappa shape index (κ3) is 5.95. The lowest BCUT2D eigenvalue weighted by Gasteiger charge is -2.31. The van der Waals surface area contributed by atoms with Crippen LogP contribution in [-0.2, 0) is 4.79 Å². The van der Waals surface area contributed by atoms with Gasteiger partial charge in [-0.2, -0.15) is 0 Å². The van der Waals surface area contributed by atoms with E-state index in [1.54, 1.807) is 55.5 Å². The molecule has 0 unspecified atom stereocenters. The fourth-order valence-electron chi connectivity index (χ4n) is 3.50. The second-order valence-electron chi connectivity index (χ2n) is 7.73. The highest BCUT2D eigenvalue weighted by atomic mass is 127. The fourth-order valence-corrected chi connectivity index (χ4v) is 4.20. The summed E-state index contributed by atoms with van der Waals surface area (Å²) in [7, 11) is 3.11. The Morgan fingerprint density at radius 3 is 2.44 bits per heavy atom. The number of carbonyl (C=O) groups is 2. The second kappa shape index (κ2) is 11.0. The van der Waals surface area contributed by atoms with E-state index in [0.717, 1.165) is 16.4 Å². The van der Waals surface area contributed by atoms with Crippen LogP contribution in [0.4, 0.5) is 0 Å². The third-order valence-corrected chi connectivity index (χ3v) is 6.44. The Kier molecular flexibility index (Phi) is 8.42. The van der Waals surface area contributed by atoms with Gasteiger partial charge in [-0.3, -0.25) is 9.59 Å². The molecule has 1 fully saturated rings. The van der Waals surface area contributed by atoms with Crippen molar-refractivity contribution in [3.63, 3.8) is 0 Å². The maximum Gasteiger partial charge on any atom is 0.270 e. The molecular weight excluding hydrogens is 543 g/mol. The largest absolute Gasteiger partial charge is 0.493 e. The number of nitrogens with zero attached hydrogens (tertiary/aromatic N) is 1. The van der Waals surface area contributed by atoms with Gasteiger partial charge in [0, 0.05) is 16.7 Å². The van der Waals surface area contributed by atoms with Gasteiger partial charge in [-0.1, -0.05) is 24.6 Å². The minimum Gasteiger partial charge on any atom is -0.493 e. The number of amides is 2. The summed E-state index contributed by atoms with van der Waals surface area (Å²) in [5, 5.41) is 3.12. The molecule has 0 bridgehead atoms. The average molecular weight is 569 g/mol. The summed E-state index contributed by atoms with van der Waals surface area (Å²) in [5.74, 6) is 1.04. The molecule has 32 heavy (non-hydrogen) atoms. The van der Waals surface area contributed by atoms with Crippen LogP contribution in [0.3, 0.4) is 0 Å². The molecule has 0 saturated carbocycles. The first kappa shape index (κ1) is 24.4. The maximum atomic E-state index is 13.4. The number of nitrogens with one attached hydrogen (secondary N) is 1. The first-order valence-electron chi connectivity index (χ1n) is 10.3. The number of benzene rings is 2. The summed E-state index contributed by atoms with van der Waals surface area (Å²) in [6.45, 7) is 3.50. The van der Waals surface area contributed by atoms with E-state index in [1.807, 2.05) is 6.07 Å². The monoisotopic (exact) mass is 568 g/mol. The molecule has 0 spiro atoms. The van der Waals surface area contributed by atoms with E-state index < -0.39 is 5.91 Å². The Morgan fingerprint density at radius 2 is 1.78 bits per heavy atom. The summed E-state index contributed by atoms with van der Waals surface area (Å²) < 4.78 is 11.5. The molecule has 0 aromatic heterocycles. The van der Waals surface area contributed by atoms with E-state index in [2.05, 4.69) is 34.8 Å². The maximum absolute atomic E-state index is 13.4. The average Bonchev–Trinajstić information content (AvgIpc) is 2.80. The van der Waals surface area contributed by atoms with Crippen molar-refractivity contribution in [2.75, 3.05) is 27.3 Å². The second-order valence-corrected chi connectivity index (χ2v) is 9.38. The number of carbonyl (C=O) groups excluding carboxylic acids is 2. The lowest BCUT2D eigenvalue weighted by molar-refractivity contribution is -0.128. The standard InChI is InChI=1S/C24H26ClIN2O4/c1-15-8-10-28(11-9-15)24(30)20(12-16-4-7-21(31-2)22(13-16)32-3)27-23(29)18-14-17(26)5-6-19(18)25/h4-7,12-15H,8-11H2,1-3H3,(H,27,29)/b20-12-. The molecule has 8 heteroatoms. The molecule has 0 aliphatic carbocycles. The van der Waals surface area contributed by atoms with Crippen LogP contribution in [0.1, 0.15) is 35.7 Å². The van der Waals surface area contributed by atoms with Gasteiger partial charge in [0.05, 0.1) is 24.8 Å². The zero-order chi connectivity index (χ0) is 23.3. The molecule has 2 amide bonds. The van der Waals surface area contributed by atoms with Crippen LogP contribution in [0.5, 0.6) is 11.5 Å². The molecule has 1 heterocycles. The molecule has 3 rings (SSSR count). The number of ether oxygens (including phenoxy) is 2. The predicted molar refractivity (Wildman–Crippen MR) is 134 cm³/mol. The van der Waals surface area contributed by atoms with E-state index in [4.69, 9.17) is 21.1 Å². The molecule has 0 radical (unpaired) electrons. The summed E-state index contributed by atoms with van der Waals surface area (Å²) in [6.07, 6.45) is 3.53. The number of hydrogen-bond acceptors (Lipinski definition) is 4. The molecular formula is C24H26ClIN2O4. The smallest absolute Gasteiger partial charge is 0.270 e. The zero-order valence-corrected chi connectivity index (χ0v) is 21.2.